The molecule has 6 nitrogen and oxygen atoms in total. The molecule has 1 amide bonds. The summed E-state index contributed by atoms with van der Waals surface area (Å²) in [7, 11) is 0. The Balaban J connectivity index is 1.66. The number of amides is 1. The molecular weight excluding hydrogens is 306 g/mol. The zero-order valence-corrected chi connectivity index (χ0v) is 13.7. The molecule has 1 fully saturated rings. The molecule has 0 unspecified atom stereocenters. The highest BCUT2D eigenvalue weighted by atomic mass is 16.4. The minimum absolute atomic E-state index is 0.0122. The summed E-state index contributed by atoms with van der Waals surface area (Å²) >= 11 is 0. The molecule has 1 saturated carbocycles. The lowest BCUT2D eigenvalue weighted by molar-refractivity contribution is -0.137. The number of hydrogen-bond acceptors (Lipinski definition) is 3. The van der Waals surface area contributed by atoms with Crippen LogP contribution in [-0.2, 0) is 9.59 Å². The molecule has 0 aliphatic heterocycles. The predicted octanol–water partition coefficient (Wildman–Crippen LogP) is 3.73. The fraction of sp³-hybridized carbons (Fsp3) is 0.500. The van der Waals surface area contributed by atoms with Crippen LogP contribution in [0.5, 0.6) is 0 Å². The number of hydrogen-bond donors (Lipinski definition) is 2. The summed E-state index contributed by atoms with van der Waals surface area (Å²) in [6, 6.07) is 6.30. The van der Waals surface area contributed by atoms with Crippen LogP contribution in [0.15, 0.2) is 24.5 Å². The number of imidazole rings is 1. The van der Waals surface area contributed by atoms with Crippen LogP contribution in [0.2, 0.25) is 0 Å². The lowest BCUT2D eigenvalue weighted by atomic mass is 9.95. The van der Waals surface area contributed by atoms with Gasteiger partial charge in [-0.25, -0.2) is 4.98 Å². The van der Waals surface area contributed by atoms with E-state index in [0.717, 1.165) is 11.0 Å². The molecule has 128 valence electrons. The van der Waals surface area contributed by atoms with Crippen molar-refractivity contribution < 1.29 is 14.7 Å². The van der Waals surface area contributed by atoms with Crippen molar-refractivity contribution in [3.05, 3.63) is 24.5 Å². The lowest BCUT2D eigenvalue weighted by Crippen LogP contribution is -2.12. The Morgan fingerprint density at radius 2 is 2.00 bits per heavy atom. The van der Waals surface area contributed by atoms with E-state index in [1.165, 1.54) is 32.1 Å². The van der Waals surface area contributed by atoms with Gasteiger partial charge in [-0.2, -0.15) is 0 Å². The monoisotopic (exact) mass is 329 g/mol. The van der Waals surface area contributed by atoms with Crippen LogP contribution in [0.1, 0.15) is 57.4 Å². The summed E-state index contributed by atoms with van der Waals surface area (Å²) in [5.74, 6) is -1.04. The van der Waals surface area contributed by atoms with Crippen LogP contribution in [0.4, 0.5) is 5.69 Å². The molecule has 3 rings (SSSR count). The second-order valence-corrected chi connectivity index (χ2v) is 6.44. The first-order chi connectivity index (χ1) is 11.6. The maximum absolute atomic E-state index is 11.9. The molecule has 1 aromatic carbocycles. The van der Waals surface area contributed by atoms with Crippen molar-refractivity contribution in [3.8, 4) is 0 Å². The molecule has 1 aliphatic rings. The van der Waals surface area contributed by atoms with Gasteiger partial charge < -0.3 is 15.0 Å². The van der Waals surface area contributed by atoms with Gasteiger partial charge in [0.2, 0.25) is 5.91 Å². The number of anilines is 1. The van der Waals surface area contributed by atoms with Crippen LogP contribution in [0.3, 0.4) is 0 Å². The quantitative estimate of drug-likeness (QED) is 0.845. The Kier molecular flexibility index (Phi) is 5.13. The maximum atomic E-state index is 11.9. The van der Waals surface area contributed by atoms with Gasteiger partial charge in [0.05, 0.1) is 17.4 Å². The number of aliphatic carboxylic acids is 1. The molecule has 1 aromatic heterocycles. The summed E-state index contributed by atoms with van der Waals surface area (Å²) in [6.45, 7) is 0. The fourth-order valence-electron chi connectivity index (χ4n) is 3.38. The van der Waals surface area contributed by atoms with Gasteiger partial charge in [0, 0.05) is 24.6 Å². The van der Waals surface area contributed by atoms with Crippen LogP contribution >= 0.6 is 0 Å². The van der Waals surface area contributed by atoms with E-state index in [1.54, 1.807) is 0 Å². The van der Waals surface area contributed by atoms with Crippen LogP contribution in [-0.4, -0.2) is 26.5 Å². The summed E-state index contributed by atoms with van der Waals surface area (Å²) < 4.78 is 2.26. The number of benzene rings is 1. The average molecular weight is 329 g/mol. The molecule has 0 spiro atoms. The van der Waals surface area contributed by atoms with Gasteiger partial charge in [0.25, 0.3) is 0 Å². The zero-order valence-electron chi connectivity index (χ0n) is 13.7. The summed E-state index contributed by atoms with van der Waals surface area (Å²) in [5.41, 5.74) is 2.69. The lowest BCUT2D eigenvalue weighted by Gasteiger charge is -2.23. The van der Waals surface area contributed by atoms with Crippen molar-refractivity contribution >= 4 is 28.6 Å². The van der Waals surface area contributed by atoms with E-state index in [2.05, 4.69) is 14.9 Å². The number of nitrogens with one attached hydrogen (secondary N) is 1. The first-order valence-corrected chi connectivity index (χ1v) is 8.62. The number of carbonyl (C=O) groups excluding carboxylic acids is 1. The first-order valence-electron chi connectivity index (χ1n) is 8.62. The van der Waals surface area contributed by atoms with Crippen LogP contribution in [0, 0.1) is 0 Å². The van der Waals surface area contributed by atoms with E-state index >= 15 is 0 Å². The summed E-state index contributed by atoms with van der Waals surface area (Å²) in [6.07, 6.45) is 8.74. The molecule has 0 radical (unpaired) electrons. The second kappa shape index (κ2) is 7.47. The molecule has 6 heteroatoms. The highest BCUT2D eigenvalue weighted by Gasteiger charge is 2.17. The number of carboxylic acid groups (broad SMARTS) is 1. The molecule has 0 saturated heterocycles. The molecule has 0 atom stereocenters. The summed E-state index contributed by atoms with van der Waals surface area (Å²) in [5, 5.41) is 11.4. The van der Waals surface area contributed by atoms with E-state index < -0.39 is 5.97 Å². The van der Waals surface area contributed by atoms with Gasteiger partial charge in [0.1, 0.15) is 0 Å². The van der Waals surface area contributed by atoms with Gasteiger partial charge in [-0.15, -0.1) is 0 Å². The van der Waals surface area contributed by atoms with Crippen molar-refractivity contribution in [2.24, 2.45) is 0 Å². The number of carboxylic acids is 1. The minimum atomic E-state index is -0.877. The molecule has 2 N–H and O–H groups in total. The topological polar surface area (TPSA) is 84.2 Å². The van der Waals surface area contributed by atoms with Gasteiger partial charge in [-0.1, -0.05) is 19.3 Å². The standard InChI is InChI=1S/C18H23N3O3/c22-17(7-4-8-18(23)24)20-13-9-10-16-15(11-13)19-12-21(16)14-5-2-1-3-6-14/h9-12,14H,1-8H2,(H,20,22)(H,23,24). The Labute approximate surface area is 140 Å². The van der Waals surface area contributed by atoms with Crippen molar-refractivity contribution in [2.45, 2.75) is 57.4 Å². The number of aromatic nitrogens is 2. The molecule has 1 aliphatic carbocycles. The normalized spacial score (nSPS) is 15.5. The Morgan fingerprint density at radius 1 is 1.21 bits per heavy atom. The van der Waals surface area contributed by atoms with Crippen molar-refractivity contribution in [2.75, 3.05) is 5.32 Å². The maximum Gasteiger partial charge on any atom is 0.303 e. The molecule has 0 bridgehead atoms. The first kappa shape index (κ1) is 16.5. The van der Waals surface area contributed by atoms with Crippen molar-refractivity contribution in [1.82, 2.24) is 9.55 Å². The van der Waals surface area contributed by atoms with E-state index in [1.807, 2.05) is 24.5 Å². The Bertz CT molecular complexity index is 732. The number of fused-ring (bicyclic) bond motifs is 1. The van der Waals surface area contributed by atoms with Crippen LogP contribution < -0.4 is 5.32 Å². The van der Waals surface area contributed by atoms with Gasteiger partial charge in [-0.05, 0) is 37.5 Å². The SMILES string of the molecule is O=C(O)CCCC(=O)Nc1ccc2c(c1)ncn2C1CCCCC1. The van der Waals surface area contributed by atoms with Crippen molar-refractivity contribution in [3.63, 3.8) is 0 Å². The Hall–Kier alpha value is -2.37. The molecular formula is C18H23N3O3. The zero-order chi connectivity index (χ0) is 16.9. The average Bonchev–Trinajstić information content (AvgIpc) is 2.98. The smallest absolute Gasteiger partial charge is 0.303 e. The fourth-order valence-corrected chi connectivity index (χ4v) is 3.38. The number of carbonyl (C=O) groups is 2. The van der Waals surface area contributed by atoms with E-state index in [4.69, 9.17) is 5.11 Å². The van der Waals surface area contributed by atoms with E-state index in [-0.39, 0.29) is 18.7 Å². The van der Waals surface area contributed by atoms with E-state index in [0.29, 0.717) is 18.2 Å². The molecule has 24 heavy (non-hydrogen) atoms. The molecule has 2 aromatic rings. The largest absolute Gasteiger partial charge is 0.481 e. The molecule has 1 heterocycles. The third-order valence-corrected chi connectivity index (χ3v) is 4.62. The van der Waals surface area contributed by atoms with E-state index in [9.17, 15) is 9.59 Å². The third kappa shape index (κ3) is 3.93. The van der Waals surface area contributed by atoms with Crippen LogP contribution in [0.25, 0.3) is 11.0 Å². The number of nitrogens with zero attached hydrogens (tertiary/aromatic N) is 2. The predicted molar refractivity (Wildman–Crippen MR) is 92.0 cm³/mol. The van der Waals surface area contributed by atoms with Gasteiger partial charge in [-0.3, -0.25) is 9.59 Å². The van der Waals surface area contributed by atoms with Crippen molar-refractivity contribution in [1.29, 1.82) is 0 Å². The van der Waals surface area contributed by atoms with Gasteiger partial charge >= 0.3 is 5.97 Å². The highest BCUT2D eigenvalue weighted by molar-refractivity contribution is 5.93. The Morgan fingerprint density at radius 3 is 2.75 bits per heavy atom. The minimum Gasteiger partial charge on any atom is -0.481 e. The second-order valence-electron chi connectivity index (χ2n) is 6.44. The summed E-state index contributed by atoms with van der Waals surface area (Å²) in [4.78, 5) is 26.8. The van der Waals surface area contributed by atoms with Gasteiger partial charge in [0.15, 0.2) is 0 Å². The third-order valence-electron chi connectivity index (χ3n) is 4.62. The highest BCUT2D eigenvalue weighted by Crippen LogP contribution is 2.31. The number of rotatable bonds is 6.